The molecule has 2 aromatic rings. The normalized spacial score (nSPS) is 18.9. The molecule has 1 aliphatic carbocycles. The van der Waals surface area contributed by atoms with Crippen molar-refractivity contribution < 1.29 is 27.8 Å². The lowest BCUT2D eigenvalue weighted by Crippen LogP contribution is -2.32. The summed E-state index contributed by atoms with van der Waals surface area (Å²) >= 11 is 14.1. The van der Waals surface area contributed by atoms with E-state index in [1.165, 1.54) is 30.2 Å². The molecule has 0 spiro atoms. The molecule has 0 bridgehead atoms. The van der Waals surface area contributed by atoms with Gasteiger partial charge in [-0.15, -0.1) is 11.8 Å². The molecule has 1 aromatic carbocycles. The molecule has 2 heterocycles. The highest BCUT2D eigenvalue weighted by atomic mass is 35.5. The van der Waals surface area contributed by atoms with Crippen molar-refractivity contribution in [3.63, 3.8) is 0 Å². The molecular weight excluding hydrogens is 497 g/mol. The molecule has 0 radical (unpaired) electrons. The van der Waals surface area contributed by atoms with Gasteiger partial charge in [0, 0.05) is 31.1 Å². The van der Waals surface area contributed by atoms with Crippen molar-refractivity contribution in [2.45, 2.75) is 37.4 Å². The second kappa shape index (κ2) is 11.1. The van der Waals surface area contributed by atoms with Crippen molar-refractivity contribution >= 4 is 40.9 Å². The van der Waals surface area contributed by atoms with Crippen LogP contribution in [0.2, 0.25) is 10.0 Å². The smallest absolute Gasteiger partial charge is 0.387 e. The molecule has 1 aromatic heterocycles. The first-order valence-corrected chi connectivity index (χ1v) is 12.3. The number of ether oxygens (including phenoxy) is 3. The molecule has 2 atom stereocenters. The van der Waals surface area contributed by atoms with Crippen LogP contribution in [0, 0.1) is 5.92 Å². The Morgan fingerprint density at radius 3 is 2.61 bits per heavy atom. The number of carbonyl (C=O) groups is 1. The molecule has 0 amide bonds. The number of nitrogens with zero attached hydrogens (tertiary/aromatic N) is 1. The molecule has 1 N–H and O–H groups in total. The molecule has 1 saturated heterocycles. The summed E-state index contributed by atoms with van der Waals surface area (Å²) < 4.78 is 42.0. The van der Waals surface area contributed by atoms with E-state index in [0.717, 1.165) is 18.6 Å². The molecule has 11 heteroatoms. The highest BCUT2D eigenvalue weighted by Crippen LogP contribution is 2.38. The average Bonchev–Trinajstić information content (AvgIpc) is 3.44. The van der Waals surface area contributed by atoms with E-state index in [2.05, 4.69) is 15.0 Å². The Morgan fingerprint density at radius 2 is 1.97 bits per heavy atom. The van der Waals surface area contributed by atoms with E-state index in [0.29, 0.717) is 40.2 Å². The van der Waals surface area contributed by atoms with Gasteiger partial charge in [-0.3, -0.25) is 10.3 Å². The lowest BCUT2D eigenvalue weighted by Gasteiger charge is -2.23. The van der Waals surface area contributed by atoms with Crippen LogP contribution in [0.15, 0.2) is 30.6 Å². The molecule has 2 fully saturated rings. The number of benzene rings is 1. The molecule has 2 aliphatic rings. The summed E-state index contributed by atoms with van der Waals surface area (Å²) in [6.45, 7) is -1.89. The Labute approximate surface area is 204 Å². The van der Waals surface area contributed by atoms with Gasteiger partial charge in [0.1, 0.15) is 6.10 Å². The van der Waals surface area contributed by atoms with Gasteiger partial charge >= 0.3 is 12.6 Å². The quantitative estimate of drug-likeness (QED) is 0.429. The number of rotatable bonds is 10. The second-order valence-corrected chi connectivity index (χ2v) is 9.78. The molecular formula is C22H22Cl2F2N2O4S. The van der Waals surface area contributed by atoms with Gasteiger partial charge in [0.2, 0.25) is 0 Å². The maximum atomic E-state index is 12.9. The third-order valence-corrected chi connectivity index (χ3v) is 7.04. The summed E-state index contributed by atoms with van der Waals surface area (Å²) in [4.78, 5) is 16.7. The van der Waals surface area contributed by atoms with Crippen molar-refractivity contribution in [2.24, 2.45) is 5.92 Å². The fraction of sp³-hybridized carbons (Fsp3) is 0.455. The summed E-state index contributed by atoms with van der Waals surface area (Å²) in [5.74, 6) is 0.859. The summed E-state index contributed by atoms with van der Waals surface area (Å²) in [6, 6.07) is 4.52. The minimum Gasteiger partial charge on any atom is -0.489 e. The maximum absolute atomic E-state index is 12.9. The van der Waals surface area contributed by atoms with Crippen molar-refractivity contribution in [1.82, 2.24) is 10.3 Å². The first-order chi connectivity index (χ1) is 15.9. The number of esters is 1. The molecule has 6 nitrogen and oxygen atoms in total. The maximum Gasteiger partial charge on any atom is 0.387 e. The van der Waals surface area contributed by atoms with Crippen LogP contribution in [-0.2, 0) is 16.0 Å². The number of carbonyl (C=O) groups excluding carboxylic acids is 1. The van der Waals surface area contributed by atoms with Gasteiger partial charge in [0.05, 0.1) is 16.7 Å². The van der Waals surface area contributed by atoms with Crippen LogP contribution < -0.4 is 14.8 Å². The predicted molar refractivity (Wildman–Crippen MR) is 122 cm³/mol. The van der Waals surface area contributed by atoms with E-state index in [9.17, 15) is 13.6 Å². The third kappa shape index (κ3) is 6.62. The minimum absolute atomic E-state index is 0.0764. The predicted octanol–water partition coefficient (Wildman–Crippen LogP) is 5.27. The van der Waals surface area contributed by atoms with E-state index >= 15 is 0 Å². The first kappa shape index (κ1) is 24.3. The van der Waals surface area contributed by atoms with Gasteiger partial charge < -0.3 is 14.2 Å². The van der Waals surface area contributed by atoms with Crippen molar-refractivity contribution in [1.29, 1.82) is 0 Å². The van der Waals surface area contributed by atoms with Crippen molar-refractivity contribution in [3.8, 4) is 11.5 Å². The van der Waals surface area contributed by atoms with E-state index in [4.69, 9.17) is 32.7 Å². The van der Waals surface area contributed by atoms with E-state index < -0.39 is 24.1 Å². The Kier molecular flexibility index (Phi) is 8.16. The fourth-order valence-electron chi connectivity index (χ4n) is 3.35. The Morgan fingerprint density at radius 1 is 1.21 bits per heavy atom. The SMILES string of the molecule is O=C(OC(Cc1c(Cl)cncc1Cl)c1ccc(OC(F)F)c(OCC2CC2)c1)[C@H]1NCCS1. The lowest BCUT2D eigenvalue weighted by atomic mass is 10.0. The molecule has 1 aliphatic heterocycles. The number of hydrogen-bond donors (Lipinski definition) is 1. The zero-order valence-electron chi connectivity index (χ0n) is 17.4. The van der Waals surface area contributed by atoms with Gasteiger partial charge in [-0.25, -0.2) is 4.79 Å². The Hall–Kier alpha value is -1.81. The van der Waals surface area contributed by atoms with Crippen molar-refractivity contribution in [2.75, 3.05) is 18.9 Å². The van der Waals surface area contributed by atoms with Crippen LogP contribution in [-0.4, -0.2) is 41.8 Å². The zero-order valence-corrected chi connectivity index (χ0v) is 19.8. The molecule has 178 valence electrons. The first-order valence-electron chi connectivity index (χ1n) is 10.5. The Balaban J connectivity index is 1.63. The van der Waals surface area contributed by atoms with Gasteiger partial charge in [-0.05, 0) is 42.0 Å². The van der Waals surface area contributed by atoms with Crippen molar-refractivity contribution in [3.05, 3.63) is 51.8 Å². The van der Waals surface area contributed by atoms with E-state index in [1.54, 1.807) is 12.1 Å². The monoisotopic (exact) mass is 518 g/mol. The number of thioether (sulfide) groups is 1. The topological polar surface area (TPSA) is 69.7 Å². The number of halogens is 4. The fourth-order valence-corrected chi connectivity index (χ4v) is 4.77. The average molecular weight is 519 g/mol. The van der Waals surface area contributed by atoms with E-state index in [1.807, 2.05) is 0 Å². The molecule has 4 rings (SSSR count). The largest absolute Gasteiger partial charge is 0.489 e. The van der Waals surface area contributed by atoms with Crippen LogP contribution in [0.3, 0.4) is 0 Å². The number of hydrogen-bond acceptors (Lipinski definition) is 7. The summed E-state index contributed by atoms with van der Waals surface area (Å²) in [5.41, 5.74) is 1.11. The molecule has 1 unspecified atom stereocenters. The number of alkyl halides is 2. The number of pyridine rings is 1. The van der Waals surface area contributed by atoms with Crippen LogP contribution in [0.5, 0.6) is 11.5 Å². The molecule has 1 saturated carbocycles. The number of aromatic nitrogens is 1. The van der Waals surface area contributed by atoms with Crippen LogP contribution in [0.4, 0.5) is 8.78 Å². The Bertz CT molecular complexity index is 971. The highest BCUT2D eigenvalue weighted by molar-refractivity contribution is 8.00. The summed E-state index contributed by atoms with van der Waals surface area (Å²) in [6.07, 6.45) is 4.37. The van der Waals surface area contributed by atoms with Crippen LogP contribution >= 0.6 is 35.0 Å². The second-order valence-electron chi connectivity index (χ2n) is 7.76. The van der Waals surface area contributed by atoms with Crippen LogP contribution in [0.25, 0.3) is 0 Å². The third-order valence-electron chi connectivity index (χ3n) is 5.26. The standard InChI is InChI=1S/C22H22Cl2F2N2O4S/c23-15-9-27-10-16(24)14(15)8-18(31-21(29)20-28-5-6-33-20)13-3-4-17(32-22(25)26)19(7-13)30-11-12-1-2-12/h3-4,7,9-10,12,18,20,22,28H,1-2,5-6,8,11H2/t18?,20-/m0/s1. The highest BCUT2D eigenvalue weighted by Gasteiger charge is 2.30. The molecule has 33 heavy (non-hydrogen) atoms. The van der Waals surface area contributed by atoms with Gasteiger partial charge in [-0.1, -0.05) is 29.3 Å². The minimum atomic E-state index is -2.99. The van der Waals surface area contributed by atoms with Gasteiger partial charge in [-0.2, -0.15) is 8.78 Å². The van der Waals surface area contributed by atoms with Crippen LogP contribution in [0.1, 0.15) is 30.1 Å². The zero-order chi connectivity index (χ0) is 23.4. The van der Waals surface area contributed by atoms with E-state index in [-0.39, 0.29) is 17.9 Å². The van der Waals surface area contributed by atoms with Gasteiger partial charge in [0.15, 0.2) is 16.9 Å². The number of nitrogens with one attached hydrogen (secondary N) is 1. The van der Waals surface area contributed by atoms with Gasteiger partial charge in [0.25, 0.3) is 0 Å². The lowest BCUT2D eigenvalue weighted by molar-refractivity contribution is -0.149. The summed E-state index contributed by atoms with van der Waals surface area (Å²) in [5, 5.41) is 3.26. The summed E-state index contributed by atoms with van der Waals surface area (Å²) in [7, 11) is 0.